The lowest BCUT2D eigenvalue weighted by atomic mass is 10.0. The molecule has 0 aliphatic rings. The summed E-state index contributed by atoms with van der Waals surface area (Å²) in [7, 11) is 1.43. The molecule has 1 N–H and O–H groups in total. The van der Waals surface area contributed by atoms with Crippen LogP contribution in [0.1, 0.15) is 25.8 Å². The molecule has 1 atom stereocenters. The number of nitrogens with one attached hydrogen (secondary N) is 1. The Morgan fingerprint density at radius 3 is 2.50 bits per heavy atom. The Hall–Kier alpha value is -1.35. The Bertz CT molecular complexity index is 349. The minimum Gasteiger partial charge on any atom is -0.468 e. The zero-order chi connectivity index (χ0) is 13.4. The number of carbonyl (C=O) groups is 1. The fourth-order valence-electron chi connectivity index (χ4n) is 1.91. The summed E-state index contributed by atoms with van der Waals surface area (Å²) in [5.74, 6) is 0.0684. The van der Waals surface area contributed by atoms with Gasteiger partial charge < -0.3 is 10.1 Å². The molecule has 18 heavy (non-hydrogen) atoms. The second-order valence-electron chi connectivity index (χ2n) is 4.79. The van der Waals surface area contributed by atoms with E-state index in [0.29, 0.717) is 0 Å². The Morgan fingerprint density at radius 1 is 1.28 bits per heavy atom. The summed E-state index contributed by atoms with van der Waals surface area (Å²) < 4.78 is 4.79. The maximum atomic E-state index is 11.5. The molecule has 1 aromatic carbocycles. The topological polar surface area (TPSA) is 38.3 Å². The first-order chi connectivity index (χ1) is 8.65. The van der Waals surface area contributed by atoms with E-state index in [1.54, 1.807) is 0 Å². The number of hydrogen-bond acceptors (Lipinski definition) is 3. The summed E-state index contributed by atoms with van der Waals surface area (Å²) in [5, 5.41) is 3.27. The fourth-order valence-corrected chi connectivity index (χ4v) is 1.91. The van der Waals surface area contributed by atoms with Gasteiger partial charge in [0.2, 0.25) is 0 Å². The van der Waals surface area contributed by atoms with Crippen molar-refractivity contribution in [3.63, 3.8) is 0 Å². The van der Waals surface area contributed by atoms with Crippen molar-refractivity contribution < 1.29 is 9.53 Å². The van der Waals surface area contributed by atoms with Crippen LogP contribution in [0.5, 0.6) is 0 Å². The highest BCUT2D eigenvalue weighted by Crippen LogP contribution is 2.05. The summed E-state index contributed by atoms with van der Waals surface area (Å²) >= 11 is 0. The summed E-state index contributed by atoms with van der Waals surface area (Å²) in [6, 6.07) is 10.2. The Kier molecular flexibility index (Phi) is 6.44. The molecule has 100 valence electrons. The van der Waals surface area contributed by atoms with E-state index in [-0.39, 0.29) is 17.9 Å². The molecule has 0 saturated carbocycles. The monoisotopic (exact) mass is 249 g/mol. The van der Waals surface area contributed by atoms with Crippen molar-refractivity contribution in [1.29, 1.82) is 0 Å². The summed E-state index contributed by atoms with van der Waals surface area (Å²) in [6.07, 6.45) is 2.05. The normalized spacial score (nSPS) is 12.4. The number of rotatable bonds is 7. The molecule has 3 nitrogen and oxygen atoms in total. The molecule has 0 bridgehead atoms. The molecule has 0 radical (unpaired) electrons. The smallest absolute Gasteiger partial charge is 0.323 e. The van der Waals surface area contributed by atoms with Crippen LogP contribution in [0.15, 0.2) is 30.3 Å². The standard InChI is InChI=1S/C15H23NO2/c1-12(2)14(15(17)18-3)16-11-7-10-13-8-5-4-6-9-13/h4-6,8-9,12,14,16H,7,10-11H2,1-3H3. The number of esters is 1. The predicted molar refractivity (Wildman–Crippen MR) is 73.4 cm³/mol. The molecule has 0 aliphatic carbocycles. The largest absolute Gasteiger partial charge is 0.468 e. The Balaban J connectivity index is 2.29. The van der Waals surface area contributed by atoms with Gasteiger partial charge in [-0.25, -0.2) is 0 Å². The average Bonchev–Trinajstić information content (AvgIpc) is 2.38. The van der Waals surface area contributed by atoms with Crippen LogP contribution in [0, 0.1) is 5.92 Å². The lowest BCUT2D eigenvalue weighted by Crippen LogP contribution is -2.42. The number of methoxy groups -OCH3 is 1. The summed E-state index contributed by atoms with van der Waals surface area (Å²) in [6.45, 7) is 4.87. The van der Waals surface area contributed by atoms with Crippen molar-refractivity contribution in [2.75, 3.05) is 13.7 Å². The van der Waals surface area contributed by atoms with Gasteiger partial charge >= 0.3 is 5.97 Å². The van der Waals surface area contributed by atoms with Crippen LogP contribution < -0.4 is 5.32 Å². The lowest BCUT2D eigenvalue weighted by molar-refractivity contribution is -0.144. The van der Waals surface area contributed by atoms with E-state index in [2.05, 4.69) is 17.4 Å². The van der Waals surface area contributed by atoms with E-state index in [4.69, 9.17) is 4.74 Å². The number of aryl methyl sites for hydroxylation is 1. The van der Waals surface area contributed by atoms with E-state index in [1.807, 2.05) is 32.0 Å². The zero-order valence-corrected chi connectivity index (χ0v) is 11.5. The maximum absolute atomic E-state index is 11.5. The van der Waals surface area contributed by atoms with Crippen molar-refractivity contribution in [3.05, 3.63) is 35.9 Å². The molecule has 0 spiro atoms. The maximum Gasteiger partial charge on any atom is 0.323 e. The molecule has 0 saturated heterocycles. The first-order valence-electron chi connectivity index (χ1n) is 6.50. The van der Waals surface area contributed by atoms with Crippen LogP contribution in [0.2, 0.25) is 0 Å². The van der Waals surface area contributed by atoms with Crippen molar-refractivity contribution in [1.82, 2.24) is 5.32 Å². The van der Waals surface area contributed by atoms with Gasteiger partial charge in [0.25, 0.3) is 0 Å². The molecule has 0 aromatic heterocycles. The average molecular weight is 249 g/mol. The van der Waals surface area contributed by atoms with E-state index < -0.39 is 0 Å². The fraction of sp³-hybridized carbons (Fsp3) is 0.533. The molecule has 0 aliphatic heterocycles. The number of hydrogen-bond donors (Lipinski definition) is 1. The highest BCUT2D eigenvalue weighted by molar-refractivity contribution is 5.75. The first kappa shape index (κ1) is 14.7. The van der Waals surface area contributed by atoms with Crippen LogP contribution >= 0.6 is 0 Å². The number of ether oxygens (including phenoxy) is 1. The van der Waals surface area contributed by atoms with Crippen molar-refractivity contribution in [2.45, 2.75) is 32.7 Å². The molecule has 1 rings (SSSR count). The molecule has 0 heterocycles. The van der Waals surface area contributed by atoms with Gasteiger partial charge in [0, 0.05) is 0 Å². The predicted octanol–water partition coefficient (Wildman–Crippen LogP) is 2.41. The van der Waals surface area contributed by atoms with E-state index in [0.717, 1.165) is 19.4 Å². The van der Waals surface area contributed by atoms with Crippen molar-refractivity contribution >= 4 is 5.97 Å². The lowest BCUT2D eigenvalue weighted by Gasteiger charge is -2.19. The van der Waals surface area contributed by atoms with Gasteiger partial charge in [0.15, 0.2) is 0 Å². The van der Waals surface area contributed by atoms with Crippen LogP contribution in [0.3, 0.4) is 0 Å². The highest BCUT2D eigenvalue weighted by Gasteiger charge is 2.21. The van der Waals surface area contributed by atoms with Gasteiger partial charge in [0.05, 0.1) is 7.11 Å². The van der Waals surface area contributed by atoms with Gasteiger partial charge in [-0.2, -0.15) is 0 Å². The minimum atomic E-state index is -0.203. The van der Waals surface area contributed by atoms with Crippen LogP contribution in [0.4, 0.5) is 0 Å². The molecule has 1 unspecified atom stereocenters. The third-order valence-electron chi connectivity index (χ3n) is 2.97. The van der Waals surface area contributed by atoms with Crippen LogP contribution in [0.25, 0.3) is 0 Å². The number of benzene rings is 1. The molecule has 0 fully saturated rings. The first-order valence-corrected chi connectivity index (χ1v) is 6.50. The van der Waals surface area contributed by atoms with Gasteiger partial charge in [0.1, 0.15) is 6.04 Å². The third kappa shape index (κ3) is 4.88. The van der Waals surface area contributed by atoms with E-state index in [9.17, 15) is 4.79 Å². The molecule has 0 amide bonds. The van der Waals surface area contributed by atoms with E-state index >= 15 is 0 Å². The van der Waals surface area contributed by atoms with Gasteiger partial charge in [-0.05, 0) is 30.9 Å². The Labute approximate surface area is 110 Å². The van der Waals surface area contributed by atoms with Gasteiger partial charge in [-0.3, -0.25) is 4.79 Å². The highest BCUT2D eigenvalue weighted by atomic mass is 16.5. The van der Waals surface area contributed by atoms with Gasteiger partial charge in [-0.1, -0.05) is 44.2 Å². The zero-order valence-electron chi connectivity index (χ0n) is 11.5. The van der Waals surface area contributed by atoms with Crippen molar-refractivity contribution in [2.24, 2.45) is 5.92 Å². The molecule has 3 heteroatoms. The number of carbonyl (C=O) groups excluding carboxylic acids is 1. The van der Waals surface area contributed by atoms with Crippen LogP contribution in [-0.2, 0) is 16.0 Å². The molecular weight excluding hydrogens is 226 g/mol. The summed E-state index contributed by atoms with van der Waals surface area (Å²) in [5.41, 5.74) is 1.33. The Morgan fingerprint density at radius 2 is 1.94 bits per heavy atom. The quantitative estimate of drug-likeness (QED) is 0.595. The molecular formula is C15H23NO2. The second kappa shape index (κ2) is 7.88. The molecule has 1 aromatic rings. The van der Waals surface area contributed by atoms with E-state index in [1.165, 1.54) is 12.7 Å². The van der Waals surface area contributed by atoms with Crippen LogP contribution in [-0.4, -0.2) is 25.7 Å². The second-order valence-corrected chi connectivity index (χ2v) is 4.79. The van der Waals surface area contributed by atoms with Crippen molar-refractivity contribution in [3.8, 4) is 0 Å². The van der Waals surface area contributed by atoms with Gasteiger partial charge in [-0.15, -0.1) is 0 Å². The minimum absolute atomic E-state index is 0.176. The third-order valence-corrected chi connectivity index (χ3v) is 2.97. The summed E-state index contributed by atoms with van der Waals surface area (Å²) in [4.78, 5) is 11.5. The SMILES string of the molecule is COC(=O)C(NCCCc1ccccc1)C(C)C.